The van der Waals surface area contributed by atoms with Gasteiger partial charge in [0.15, 0.2) is 0 Å². The molecule has 0 saturated carbocycles. The van der Waals surface area contributed by atoms with E-state index in [1.54, 1.807) is 0 Å². The summed E-state index contributed by atoms with van der Waals surface area (Å²) in [4.78, 5) is 4.14. The minimum atomic E-state index is 0.913. The quantitative estimate of drug-likeness (QED) is 0.682. The Morgan fingerprint density at radius 2 is 2.12 bits per heavy atom. The molecule has 1 aromatic carbocycles. The van der Waals surface area contributed by atoms with Gasteiger partial charge in [-0.1, -0.05) is 54.6 Å². The maximum Gasteiger partial charge on any atom is 0.0617 e. The number of nitrogens with zero attached hydrogens (tertiary/aromatic N) is 1. The minimum absolute atomic E-state index is 0.913. The molecular formula is C16H17N. The Balaban J connectivity index is 2.11. The van der Waals surface area contributed by atoms with Crippen LogP contribution in [0.3, 0.4) is 0 Å². The van der Waals surface area contributed by atoms with Crippen LogP contribution in [0.1, 0.15) is 18.4 Å². The van der Waals surface area contributed by atoms with Gasteiger partial charge in [-0.3, -0.25) is 4.99 Å². The highest BCUT2D eigenvalue weighted by atomic mass is 14.7. The molecule has 0 fully saturated rings. The number of benzene rings is 1. The molecule has 0 N–H and O–H groups in total. The molecule has 0 bridgehead atoms. The first-order valence-corrected chi connectivity index (χ1v) is 5.97. The third kappa shape index (κ3) is 3.28. The minimum Gasteiger partial charge on any atom is -0.265 e. The van der Waals surface area contributed by atoms with Crippen molar-refractivity contribution in [2.75, 3.05) is 0 Å². The SMILES string of the molecule is C=N/C(=C\Cc1ccccc1)C1=CC=CCC1. The molecule has 86 valence electrons. The monoisotopic (exact) mass is 223 g/mol. The van der Waals surface area contributed by atoms with Crippen molar-refractivity contribution in [3.63, 3.8) is 0 Å². The van der Waals surface area contributed by atoms with E-state index < -0.39 is 0 Å². The van der Waals surface area contributed by atoms with Gasteiger partial charge in [0.1, 0.15) is 0 Å². The molecule has 0 heterocycles. The van der Waals surface area contributed by atoms with Crippen LogP contribution in [-0.2, 0) is 6.42 Å². The molecule has 1 nitrogen and oxygen atoms in total. The van der Waals surface area contributed by atoms with Crippen LogP contribution in [-0.4, -0.2) is 6.72 Å². The summed E-state index contributed by atoms with van der Waals surface area (Å²) in [5.74, 6) is 0. The maximum absolute atomic E-state index is 4.14. The molecule has 2 rings (SSSR count). The zero-order chi connectivity index (χ0) is 11.9. The van der Waals surface area contributed by atoms with Gasteiger partial charge < -0.3 is 0 Å². The summed E-state index contributed by atoms with van der Waals surface area (Å²) in [6, 6.07) is 10.4. The van der Waals surface area contributed by atoms with E-state index in [0.29, 0.717) is 0 Å². The molecule has 0 saturated heterocycles. The molecular weight excluding hydrogens is 206 g/mol. The Bertz CT molecular complexity index is 464. The maximum atomic E-state index is 4.14. The summed E-state index contributed by atoms with van der Waals surface area (Å²) in [6.45, 7) is 3.67. The lowest BCUT2D eigenvalue weighted by molar-refractivity contribution is 0.958. The van der Waals surface area contributed by atoms with E-state index in [-0.39, 0.29) is 0 Å². The van der Waals surface area contributed by atoms with Crippen molar-refractivity contribution in [1.29, 1.82) is 0 Å². The first-order chi connectivity index (χ1) is 8.40. The summed E-state index contributed by atoms with van der Waals surface area (Å²) < 4.78 is 0. The summed E-state index contributed by atoms with van der Waals surface area (Å²) in [6.07, 6.45) is 11.7. The third-order valence-corrected chi connectivity index (χ3v) is 2.89. The van der Waals surface area contributed by atoms with E-state index >= 15 is 0 Å². The van der Waals surface area contributed by atoms with Crippen LogP contribution < -0.4 is 0 Å². The van der Waals surface area contributed by atoms with Crippen LogP contribution in [0.4, 0.5) is 0 Å². The van der Waals surface area contributed by atoms with Gasteiger partial charge in [-0.25, -0.2) is 0 Å². The van der Waals surface area contributed by atoms with Gasteiger partial charge >= 0.3 is 0 Å². The van der Waals surface area contributed by atoms with E-state index in [2.05, 4.69) is 60.3 Å². The third-order valence-electron chi connectivity index (χ3n) is 2.89. The number of aliphatic imine (C=N–C) groups is 1. The van der Waals surface area contributed by atoms with Gasteiger partial charge in [-0.05, 0) is 37.1 Å². The van der Waals surface area contributed by atoms with E-state index in [1.165, 1.54) is 11.1 Å². The molecule has 17 heavy (non-hydrogen) atoms. The molecule has 0 amide bonds. The molecule has 0 aliphatic heterocycles. The molecule has 0 aromatic heterocycles. The van der Waals surface area contributed by atoms with Crippen molar-refractivity contribution in [2.24, 2.45) is 4.99 Å². The Morgan fingerprint density at radius 1 is 1.29 bits per heavy atom. The van der Waals surface area contributed by atoms with Crippen molar-refractivity contribution >= 4 is 6.72 Å². The average molecular weight is 223 g/mol. The van der Waals surface area contributed by atoms with Crippen LogP contribution in [0, 0.1) is 0 Å². The molecule has 1 aromatic rings. The largest absolute Gasteiger partial charge is 0.265 e. The topological polar surface area (TPSA) is 12.4 Å². The van der Waals surface area contributed by atoms with E-state index in [9.17, 15) is 0 Å². The van der Waals surface area contributed by atoms with Gasteiger partial charge in [-0.15, -0.1) is 0 Å². The summed E-state index contributed by atoms with van der Waals surface area (Å²) in [5.41, 5.74) is 3.62. The highest BCUT2D eigenvalue weighted by molar-refractivity contribution is 5.42. The molecule has 0 unspecified atom stereocenters. The summed E-state index contributed by atoms with van der Waals surface area (Å²) >= 11 is 0. The van der Waals surface area contributed by atoms with Crippen LogP contribution in [0.5, 0.6) is 0 Å². The van der Waals surface area contributed by atoms with Gasteiger partial charge in [0.25, 0.3) is 0 Å². The van der Waals surface area contributed by atoms with Crippen molar-refractivity contribution in [3.05, 3.63) is 71.5 Å². The number of rotatable bonds is 4. The molecule has 0 radical (unpaired) electrons. The van der Waals surface area contributed by atoms with Crippen LogP contribution in [0.2, 0.25) is 0 Å². The Hall–Kier alpha value is -1.89. The van der Waals surface area contributed by atoms with Crippen molar-refractivity contribution < 1.29 is 0 Å². The first-order valence-electron chi connectivity index (χ1n) is 5.97. The highest BCUT2D eigenvalue weighted by Gasteiger charge is 2.04. The first kappa shape index (κ1) is 11.6. The zero-order valence-corrected chi connectivity index (χ0v) is 9.97. The van der Waals surface area contributed by atoms with Gasteiger partial charge in [0.2, 0.25) is 0 Å². The van der Waals surface area contributed by atoms with Crippen molar-refractivity contribution in [1.82, 2.24) is 0 Å². The second-order valence-electron chi connectivity index (χ2n) is 4.10. The zero-order valence-electron chi connectivity index (χ0n) is 9.97. The van der Waals surface area contributed by atoms with E-state index in [0.717, 1.165) is 25.0 Å². The van der Waals surface area contributed by atoms with Crippen molar-refractivity contribution in [2.45, 2.75) is 19.3 Å². The van der Waals surface area contributed by atoms with Gasteiger partial charge in [0.05, 0.1) is 5.70 Å². The Morgan fingerprint density at radius 3 is 2.76 bits per heavy atom. The predicted octanol–water partition coefficient (Wildman–Crippen LogP) is 4.09. The normalized spacial score (nSPS) is 15.5. The number of allylic oxidation sites excluding steroid dienone is 5. The van der Waals surface area contributed by atoms with Crippen LogP contribution >= 0.6 is 0 Å². The molecule has 1 aliphatic rings. The second-order valence-corrected chi connectivity index (χ2v) is 4.10. The molecule has 0 spiro atoms. The average Bonchev–Trinajstić information content (AvgIpc) is 2.42. The second kappa shape index (κ2) is 6.00. The Kier molecular flexibility index (Phi) is 4.09. The summed E-state index contributed by atoms with van der Waals surface area (Å²) in [5, 5.41) is 0. The van der Waals surface area contributed by atoms with Gasteiger partial charge in [-0.2, -0.15) is 0 Å². The fourth-order valence-corrected chi connectivity index (χ4v) is 1.94. The van der Waals surface area contributed by atoms with Crippen molar-refractivity contribution in [3.8, 4) is 0 Å². The fraction of sp³-hybridized carbons (Fsp3) is 0.188. The lowest BCUT2D eigenvalue weighted by Gasteiger charge is -2.09. The van der Waals surface area contributed by atoms with Crippen LogP contribution in [0.25, 0.3) is 0 Å². The van der Waals surface area contributed by atoms with E-state index in [1.807, 2.05) is 6.07 Å². The van der Waals surface area contributed by atoms with Gasteiger partial charge in [0, 0.05) is 0 Å². The fourth-order valence-electron chi connectivity index (χ4n) is 1.94. The molecule has 1 heteroatoms. The van der Waals surface area contributed by atoms with E-state index in [4.69, 9.17) is 0 Å². The summed E-state index contributed by atoms with van der Waals surface area (Å²) in [7, 11) is 0. The smallest absolute Gasteiger partial charge is 0.0617 e. The number of hydrogen-bond acceptors (Lipinski definition) is 1. The standard InChI is InChI=1S/C16H17N/c1-17-16(15-10-6-3-7-11-15)13-12-14-8-4-2-5-9-14/h2-6,8-10,13H,1,7,11-12H2/b16-13-. The lowest BCUT2D eigenvalue weighted by Crippen LogP contribution is -1.92. The Labute approximate surface area is 103 Å². The number of hydrogen-bond donors (Lipinski definition) is 0. The van der Waals surface area contributed by atoms with Crippen LogP contribution in [0.15, 0.2) is 70.9 Å². The molecule has 0 atom stereocenters. The lowest BCUT2D eigenvalue weighted by atomic mass is 10.0. The predicted molar refractivity (Wildman–Crippen MR) is 74.2 cm³/mol. The highest BCUT2D eigenvalue weighted by Crippen LogP contribution is 2.21. The molecule has 1 aliphatic carbocycles.